The van der Waals surface area contributed by atoms with Gasteiger partial charge < -0.3 is 5.11 Å². The molecule has 0 aliphatic rings. The smallest absolute Gasteiger partial charge is 0.123 e. The van der Waals surface area contributed by atoms with Gasteiger partial charge in [0.1, 0.15) is 10.8 Å². The number of aliphatic hydroxyl groups excluding tert-OH is 1. The minimum atomic E-state index is -0.282. The number of likely N-dealkylation sites (N-methyl/N-ethyl adjacent to an activating group) is 1. The van der Waals surface area contributed by atoms with E-state index in [0.29, 0.717) is 6.54 Å². The molecule has 2 rings (SSSR count). The molecular weight excluding hydrogens is 275 g/mol. The van der Waals surface area contributed by atoms with Gasteiger partial charge >= 0.3 is 0 Å². The van der Waals surface area contributed by atoms with E-state index < -0.39 is 0 Å². The van der Waals surface area contributed by atoms with Crippen molar-refractivity contribution in [3.63, 3.8) is 0 Å². The molecule has 1 heterocycles. The second-order valence-corrected chi connectivity index (χ2v) is 6.21. The average Bonchev–Trinajstić information content (AvgIpc) is 2.69. The predicted octanol–water partition coefficient (Wildman–Crippen LogP) is 3.06. The van der Waals surface area contributed by atoms with Crippen LogP contribution in [-0.4, -0.2) is 28.6 Å². The van der Waals surface area contributed by atoms with Gasteiger partial charge in [0.25, 0.3) is 0 Å². The lowest BCUT2D eigenvalue weighted by atomic mass is 10.1. The summed E-state index contributed by atoms with van der Waals surface area (Å²) in [6.07, 6.45) is 0. The average molecular weight is 294 g/mol. The molecule has 1 aromatic carbocycles. The molecule has 0 aliphatic heterocycles. The maximum absolute atomic E-state index is 13.3. The van der Waals surface area contributed by atoms with Gasteiger partial charge in [0.2, 0.25) is 0 Å². The molecule has 5 heteroatoms. The van der Waals surface area contributed by atoms with Gasteiger partial charge in [-0.15, -0.1) is 11.3 Å². The van der Waals surface area contributed by atoms with Crippen LogP contribution < -0.4 is 0 Å². The lowest BCUT2D eigenvalue weighted by Crippen LogP contribution is -2.27. The molecular formula is C15H19FN2OS. The van der Waals surface area contributed by atoms with Crippen LogP contribution in [0.25, 0.3) is 0 Å². The van der Waals surface area contributed by atoms with Gasteiger partial charge in [-0.25, -0.2) is 9.37 Å². The molecule has 0 amide bonds. The zero-order valence-electron chi connectivity index (χ0n) is 11.9. The molecule has 0 saturated carbocycles. The van der Waals surface area contributed by atoms with Crippen LogP contribution in [-0.2, 0) is 6.54 Å². The fourth-order valence-corrected chi connectivity index (χ4v) is 3.14. The summed E-state index contributed by atoms with van der Waals surface area (Å²) in [5.41, 5.74) is 1.82. The third-order valence-corrected chi connectivity index (χ3v) is 4.45. The zero-order chi connectivity index (χ0) is 14.7. The number of aliphatic hydroxyl groups is 1. The van der Waals surface area contributed by atoms with Crippen molar-refractivity contribution in [2.24, 2.45) is 0 Å². The number of halogens is 1. The molecule has 0 saturated heterocycles. The molecule has 0 radical (unpaired) electrons. The van der Waals surface area contributed by atoms with Crippen LogP contribution in [0, 0.1) is 19.7 Å². The van der Waals surface area contributed by atoms with Gasteiger partial charge in [-0.3, -0.25) is 4.90 Å². The summed E-state index contributed by atoms with van der Waals surface area (Å²) in [5, 5.41) is 10.6. The van der Waals surface area contributed by atoms with Crippen LogP contribution in [0.1, 0.15) is 27.2 Å². The lowest BCUT2D eigenvalue weighted by Gasteiger charge is -2.26. The second kappa shape index (κ2) is 6.43. The molecule has 1 N–H and O–H groups in total. The topological polar surface area (TPSA) is 36.4 Å². The molecule has 0 aliphatic carbocycles. The van der Waals surface area contributed by atoms with Crippen molar-refractivity contribution in [2.75, 3.05) is 13.7 Å². The number of benzene rings is 1. The highest BCUT2D eigenvalue weighted by molar-refractivity contribution is 7.11. The SMILES string of the molecule is Cc1nc(CN(C)C(CO)c2cccc(F)c2)sc1C. The van der Waals surface area contributed by atoms with Crippen LogP contribution in [0.3, 0.4) is 0 Å². The van der Waals surface area contributed by atoms with E-state index in [-0.39, 0.29) is 18.5 Å². The Balaban J connectivity index is 2.15. The van der Waals surface area contributed by atoms with E-state index in [2.05, 4.69) is 4.98 Å². The van der Waals surface area contributed by atoms with Crippen LogP contribution >= 0.6 is 11.3 Å². The summed E-state index contributed by atoms with van der Waals surface area (Å²) in [6.45, 7) is 4.63. The van der Waals surface area contributed by atoms with E-state index in [9.17, 15) is 9.50 Å². The standard InChI is InChI=1S/C15H19FN2OS/c1-10-11(2)20-15(17-10)8-18(3)14(9-19)12-5-4-6-13(16)7-12/h4-7,14,19H,8-9H2,1-3H3. The molecule has 108 valence electrons. The second-order valence-electron chi connectivity index (χ2n) is 4.92. The summed E-state index contributed by atoms with van der Waals surface area (Å²) in [7, 11) is 1.91. The fourth-order valence-electron chi connectivity index (χ4n) is 2.14. The normalized spacial score (nSPS) is 12.9. The number of hydrogen-bond donors (Lipinski definition) is 1. The molecule has 2 aromatic rings. The Labute approximate surface area is 122 Å². The van der Waals surface area contributed by atoms with E-state index in [1.54, 1.807) is 17.4 Å². The monoisotopic (exact) mass is 294 g/mol. The van der Waals surface area contributed by atoms with Crippen molar-refractivity contribution in [2.45, 2.75) is 26.4 Å². The molecule has 0 bridgehead atoms. The van der Waals surface area contributed by atoms with E-state index in [4.69, 9.17) is 0 Å². The molecule has 20 heavy (non-hydrogen) atoms. The number of hydrogen-bond acceptors (Lipinski definition) is 4. The Morgan fingerprint density at radius 1 is 1.40 bits per heavy atom. The Kier molecular flexibility index (Phi) is 4.86. The van der Waals surface area contributed by atoms with Crippen molar-refractivity contribution < 1.29 is 9.50 Å². The van der Waals surface area contributed by atoms with Crippen molar-refractivity contribution in [1.29, 1.82) is 0 Å². The van der Waals surface area contributed by atoms with Crippen molar-refractivity contribution in [3.05, 3.63) is 51.2 Å². The van der Waals surface area contributed by atoms with Gasteiger partial charge in [0, 0.05) is 4.88 Å². The van der Waals surface area contributed by atoms with E-state index in [1.165, 1.54) is 17.0 Å². The Bertz CT molecular complexity index is 566. The van der Waals surface area contributed by atoms with Gasteiger partial charge in [-0.05, 0) is 38.6 Å². The number of thiazole rings is 1. The van der Waals surface area contributed by atoms with Gasteiger partial charge in [0.05, 0.1) is 24.9 Å². The van der Waals surface area contributed by atoms with E-state index >= 15 is 0 Å². The van der Waals surface area contributed by atoms with Crippen molar-refractivity contribution in [3.8, 4) is 0 Å². The summed E-state index contributed by atoms with van der Waals surface area (Å²) < 4.78 is 13.3. The van der Waals surface area contributed by atoms with Crippen LogP contribution in [0.15, 0.2) is 24.3 Å². The maximum atomic E-state index is 13.3. The minimum Gasteiger partial charge on any atom is -0.394 e. The highest BCUT2D eigenvalue weighted by atomic mass is 32.1. The summed E-state index contributed by atoms with van der Waals surface area (Å²) in [4.78, 5) is 7.70. The largest absolute Gasteiger partial charge is 0.394 e. The summed E-state index contributed by atoms with van der Waals surface area (Å²) >= 11 is 1.66. The number of nitrogens with zero attached hydrogens (tertiary/aromatic N) is 2. The van der Waals surface area contributed by atoms with Gasteiger partial charge in [0.15, 0.2) is 0 Å². The fraction of sp³-hybridized carbons (Fsp3) is 0.400. The number of aromatic nitrogens is 1. The molecule has 1 unspecified atom stereocenters. The molecule has 3 nitrogen and oxygen atoms in total. The first-order chi connectivity index (χ1) is 9.51. The first-order valence-electron chi connectivity index (χ1n) is 6.50. The highest BCUT2D eigenvalue weighted by Crippen LogP contribution is 2.24. The van der Waals surface area contributed by atoms with Gasteiger partial charge in [-0.1, -0.05) is 12.1 Å². The lowest BCUT2D eigenvalue weighted by molar-refractivity contribution is 0.142. The molecule has 1 aromatic heterocycles. The van der Waals surface area contributed by atoms with Crippen LogP contribution in [0.5, 0.6) is 0 Å². The Morgan fingerprint density at radius 3 is 2.70 bits per heavy atom. The number of rotatable bonds is 5. The van der Waals surface area contributed by atoms with Gasteiger partial charge in [-0.2, -0.15) is 0 Å². The molecule has 0 spiro atoms. The summed E-state index contributed by atoms with van der Waals surface area (Å²) in [6, 6.07) is 6.15. The molecule has 1 atom stereocenters. The number of aryl methyl sites for hydroxylation is 2. The highest BCUT2D eigenvalue weighted by Gasteiger charge is 2.18. The maximum Gasteiger partial charge on any atom is 0.123 e. The first kappa shape index (κ1) is 15.1. The van der Waals surface area contributed by atoms with E-state index in [0.717, 1.165) is 16.3 Å². The Morgan fingerprint density at radius 2 is 2.15 bits per heavy atom. The first-order valence-corrected chi connectivity index (χ1v) is 7.32. The predicted molar refractivity (Wildman–Crippen MR) is 79.3 cm³/mol. The summed E-state index contributed by atoms with van der Waals surface area (Å²) in [5.74, 6) is -0.282. The molecule has 0 fully saturated rings. The minimum absolute atomic E-state index is 0.0523. The van der Waals surface area contributed by atoms with Crippen molar-refractivity contribution in [1.82, 2.24) is 9.88 Å². The van der Waals surface area contributed by atoms with E-state index in [1.807, 2.05) is 31.9 Å². The van der Waals surface area contributed by atoms with Crippen molar-refractivity contribution >= 4 is 11.3 Å². The third kappa shape index (κ3) is 3.42. The zero-order valence-corrected chi connectivity index (χ0v) is 12.7. The third-order valence-electron chi connectivity index (χ3n) is 3.40. The Hall–Kier alpha value is -1.30. The quantitative estimate of drug-likeness (QED) is 0.920. The van der Waals surface area contributed by atoms with Crippen LogP contribution in [0.2, 0.25) is 0 Å². The van der Waals surface area contributed by atoms with Crippen LogP contribution in [0.4, 0.5) is 4.39 Å².